The van der Waals surface area contributed by atoms with Crippen molar-refractivity contribution < 1.29 is 9.53 Å². The van der Waals surface area contributed by atoms with Crippen LogP contribution in [0.3, 0.4) is 0 Å². The Labute approximate surface area is 129 Å². The number of carbonyl (C=O) groups excluding carboxylic acids is 1. The number of fused-ring (bicyclic) bond motifs is 1. The van der Waals surface area contributed by atoms with Gasteiger partial charge in [-0.1, -0.05) is 15.9 Å². The van der Waals surface area contributed by atoms with Gasteiger partial charge in [0.05, 0.1) is 24.4 Å². The number of hydrogen-bond donors (Lipinski definition) is 2. The highest BCUT2D eigenvalue weighted by molar-refractivity contribution is 9.10. The lowest BCUT2D eigenvalue weighted by Gasteiger charge is -2.26. The first-order valence-electron chi connectivity index (χ1n) is 6.34. The molecule has 108 valence electrons. The van der Waals surface area contributed by atoms with E-state index >= 15 is 0 Å². The average Bonchev–Trinajstić information content (AvgIpc) is 2.47. The minimum absolute atomic E-state index is 0.173. The molecule has 0 saturated heterocycles. The van der Waals surface area contributed by atoms with E-state index in [0.717, 1.165) is 15.8 Å². The van der Waals surface area contributed by atoms with Crippen LogP contribution in [0.2, 0.25) is 0 Å². The number of anilines is 1. The van der Waals surface area contributed by atoms with Gasteiger partial charge in [0.15, 0.2) is 0 Å². The van der Waals surface area contributed by atoms with Crippen LogP contribution in [-0.2, 0) is 6.42 Å². The minimum Gasteiger partial charge on any atom is -0.497 e. The maximum atomic E-state index is 12.2. The summed E-state index contributed by atoms with van der Waals surface area (Å²) in [6, 6.07) is 5.45. The quantitative estimate of drug-likeness (QED) is 0.864. The standard InChI is InChI=1S/C14H13BrN4O2/c1-21-7-2-3-10(15)8(4-7)11-5-12-9(13(20)18-11)6-17-14(16)19-12/h2-4,6,11H,5H2,1H3,(H,18,20)(H2,16,17,19)/t11-/m1/s1. The monoisotopic (exact) mass is 348 g/mol. The number of rotatable bonds is 2. The lowest BCUT2D eigenvalue weighted by molar-refractivity contribution is 0.0923. The van der Waals surface area contributed by atoms with E-state index in [4.69, 9.17) is 10.5 Å². The van der Waals surface area contributed by atoms with Gasteiger partial charge in [-0.2, -0.15) is 0 Å². The zero-order valence-corrected chi connectivity index (χ0v) is 12.8. The Morgan fingerprint density at radius 3 is 3.05 bits per heavy atom. The van der Waals surface area contributed by atoms with Gasteiger partial charge in [0.1, 0.15) is 5.75 Å². The molecule has 3 N–H and O–H groups in total. The zero-order chi connectivity index (χ0) is 15.0. The summed E-state index contributed by atoms with van der Waals surface area (Å²) in [5, 5.41) is 2.96. The maximum Gasteiger partial charge on any atom is 0.255 e. The third kappa shape index (κ3) is 2.56. The Bertz CT molecular complexity index is 720. The fourth-order valence-electron chi connectivity index (χ4n) is 2.36. The number of methoxy groups -OCH3 is 1. The van der Waals surface area contributed by atoms with E-state index in [1.165, 1.54) is 6.20 Å². The Kier molecular flexibility index (Phi) is 3.50. The molecule has 1 aromatic carbocycles. The van der Waals surface area contributed by atoms with Gasteiger partial charge in [0, 0.05) is 17.1 Å². The predicted molar refractivity (Wildman–Crippen MR) is 81.0 cm³/mol. The molecule has 0 unspecified atom stereocenters. The highest BCUT2D eigenvalue weighted by Gasteiger charge is 2.28. The summed E-state index contributed by atoms with van der Waals surface area (Å²) in [6.45, 7) is 0. The van der Waals surface area contributed by atoms with Crippen molar-refractivity contribution >= 4 is 27.8 Å². The maximum absolute atomic E-state index is 12.2. The molecule has 0 bridgehead atoms. The lowest BCUT2D eigenvalue weighted by atomic mass is 9.95. The van der Waals surface area contributed by atoms with Gasteiger partial charge in [0.2, 0.25) is 5.95 Å². The molecule has 1 atom stereocenters. The van der Waals surface area contributed by atoms with Gasteiger partial charge in [0.25, 0.3) is 5.91 Å². The van der Waals surface area contributed by atoms with E-state index in [9.17, 15) is 4.79 Å². The van der Waals surface area contributed by atoms with E-state index in [0.29, 0.717) is 17.7 Å². The molecular formula is C14H13BrN4O2. The van der Waals surface area contributed by atoms with Crippen LogP contribution in [-0.4, -0.2) is 23.0 Å². The fraction of sp³-hybridized carbons (Fsp3) is 0.214. The van der Waals surface area contributed by atoms with Gasteiger partial charge in [-0.05, 0) is 23.8 Å². The van der Waals surface area contributed by atoms with Crippen LogP contribution in [0.5, 0.6) is 5.75 Å². The molecule has 2 heterocycles. The van der Waals surface area contributed by atoms with E-state index in [1.807, 2.05) is 18.2 Å². The van der Waals surface area contributed by atoms with Gasteiger partial charge >= 0.3 is 0 Å². The highest BCUT2D eigenvalue weighted by atomic mass is 79.9. The van der Waals surface area contributed by atoms with E-state index in [-0.39, 0.29) is 17.9 Å². The second-order valence-electron chi connectivity index (χ2n) is 4.71. The number of nitrogens with two attached hydrogens (primary N) is 1. The topological polar surface area (TPSA) is 90.1 Å². The number of hydrogen-bond acceptors (Lipinski definition) is 5. The molecule has 2 aromatic rings. The lowest BCUT2D eigenvalue weighted by Crippen LogP contribution is -2.36. The van der Waals surface area contributed by atoms with Crippen LogP contribution < -0.4 is 15.8 Å². The van der Waals surface area contributed by atoms with Crippen LogP contribution in [0.25, 0.3) is 0 Å². The second kappa shape index (κ2) is 5.33. The van der Waals surface area contributed by atoms with Gasteiger partial charge in [-0.25, -0.2) is 9.97 Å². The van der Waals surface area contributed by atoms with Crippen molar-refractivity contribution in [2.45, 2.75) is 12.5 Å². The molecule has 0 radical (unpaired) electrons. The summed E-state index contributed by atoms with van der Waals surface area (Å²) in [5.41, 5.74) is 7.67. The summed E-state index contributed by atoms with van der Waals surface area (Å²) in [4.78, 5) is 20.2. The summed E-state index contributed by atoms with van der Waals surface area (Å²) < 4.78 is 6.14. The number of amides is 1. The number of nitrogen functional groups attached to an aromatic ring is 1. The Morgan fingerprint density at radius 1 is 1.48 bits per heavy atom. The summed E-state index contributed by atoms with van der Waals surface area (Å²) in [7, 11) is 1.61. The minimum atomic E-state index is -0.198. The molecule has 1 aromatic heterocycles. The first kappa shape index (κ1) is 13.8. The van der Waals surface area contributed by atoms with Crippen LogP contribution in [0.1, 0.15) is 27.7 Å². The SMILES string of the molecule is COc1ccc(Br)c([C@H]2Cc3nc(N)ncc3C(=O)N2)c1. The van der Waals surface area contributed by atoms with Gasteiger partial charge < -0.3 is 15.8 Å². The summed E-state index contributed by atoms with van der Waals surface area (Å²) >= 11 is 3.51. The van der Waals surface area contributed by atoms with Crippen molar-refractivity contribution in [3.05, 3.63) is 45.7 Å². The van der Waals surface area contributed by atoms with Crippen LogP contribution in [0.4, 0.5) is 5.95 Å². The third-order valence-corrected chi connectivity index (χ3v) is 4.13. The smallest absolute Gasteiger partial charge is 0.255 e. The summed E-state index contributed by atoms with van der Waals surface area (Å²) in [5.74, 6) is 0.707. The summed E-state index contributed by atoms with van der Waals surface area (Å²) in [6.07, 6.45) is 2.02. The number of ether oxygens (including phenoxy) is 1. The largest absolute Gasteiger partial charge is 0.497 e. The number of benzene rings is 1. The van der Waals surface area contributed by atoms with E-state index in [2.05, 4.69) is 31.2 Å². The van der Waals surface area contributed by atoms with Crippen LogP contribution in [0.15, 0.2) is 28.9 Å². The average molecular weight is 349 g/mol. The van der Waals surface area contributed by atoms with Crippen molar-refractivity contribution in [2.24, 2.45) is 0 Å². The molecule has 0 aliphatic carbocycles. The molecule has 1 aliphatic heterocycles. The Hall–Kier alpha value is -2.15. The normalized spacial score (nSPS) is 17.0. The van der Waals surface area contributed by atoms with Crippen molar-refractivity contribution in [3.63, 3.8) is 0 Å². The van der Waals surface area contributed by atoms with Gasteiger partial charge in [-0.15, -0.1) is 0 Å². The molecule has 0 saturated carbocycles. The molecule has 6 nitrogen and oxygen atoms in total. The number of halogens is 1. The van der Waals surface area contributed by atoms with Crippen molar-refractivity contribution in [1.29, 1.82) is 0 Å². The molecular weight excluding hydrogens is 336 g/mol. The van der Waals surface area contributed by atoms with Crippen molar-refractivity contribution in [2.75, 3.05) is 12.8 Å². The second-order valence-corrected chi connectivity index (χ2v) is 5.56. The number of aromatic nitrogens is 2. The molecule has 0 spiro atoms. The number of nitrogens with one attached hydrogen (secondary N) is 1. The molecule has 1 aliphatic rings. The number of carbonyl (C=O) groups is 1. The highest BCUT2D eigenvalue weighted by Crippen LogP contribution is 2.32. The van der Waals surface area contributed by atoms with E-state index < -0.39 is 0 Å². The number of nitrogens with zero attached hydrogens (tertiary/aromatic N) is 2. The van der Waals surface area contributed by atoms with Crippen molar-refractivity contribution in [3.8, 4) is 5.75 Å². The van der Waals surface area contributed by atoms with Crippen LogP contribution in [0, 0.1) is 0 Å². The zero-order valence-electron chi connectivity index (χ0n) is 11.3. The first-order valence-corrected chi connectivity index (χ1v) is 7.13. The van der Waals surface area contributed by atoms with Crippen LogP contribution >= 0.6 is 15.9 Å². The Morgan fingerprint density at radius 2 is 2.29 bits per heavy atom. The molecule has 21 heavy (non-hydrogen) atoms. The molecule has 1 amide bonds. The molecule has 3 rings (SSSR count). The third-order valence-electron chi connectivity index (χ3n) is 3.41. The van der Waals surface area contributed by atoms with Gasteiger partial charge in [-0.3, -0.25) is 4.79 Å². The predicted octanol–water partition coefficient (Wildman–Crippen LogP) is 1.86. The van der Waals surface area contributed by atoms with Crippen molar-refractivity contribution in [1.82, 2.24) is 15.3 Å². The molecule has 7 heteroatoms. The molecule has 0 fully saturated rings. The fourth-order valence-corrected chi connectivity index (χ4v) is 2.88. The van der Waals surface area contributed by atoms with E-state index in [1.54, 1.807) is 7.11 Å². The first-order chi connectivity index (χ1) is 10.1. The Balaban J connectivity index is 2.01.